The minimum Gasteiger partial charge on any atom is -0.481 e. The second kappa shape index (κ2) is 8.82. The Hall–Kier alpha value is -1.26. The number of likely N-dealkylation sites (tertiary alicyclic amines) is 1. The van der Waals surface area contributed by atoms with Crippen LogP contribution in [0.3, 0.4) is 0 Å². The van der Waals surface area contributed by atoms with Crippen molar-refractivity contribution in [1.29, 1.82) is 0 Å². The molecule has 0 aliphatic carbocycles. The van der Waals surface area contributed by atoms with Gasteiger partial charge in [-0.05, 0) is 38.0 Å². The fourth-order valence-electron chi connectivity index (χ4n) is 2.89. The quantitative estimate of drug-likeness (QED) is 0.720. The number of carbonyl (C=O) groups excluding carboxylic acids is 1. The molecule has 2 atom stereocenters. The van der Waals surface area contributed by atoms with E-state index in [-0.39, 0.29) is 12.5 Å². The van der Waals surface area contributed by atoms with Gasteiger partial charge in [0.25, 0.3) is 0 Å². The fraction of sp³-hybridized carbons (Fsp3) is 0.867. The van der Waals surface area contributed by atoms with Gasteiger partial charge in [0.05, 0.1) is 0 Å². The maximum absolute atomic E-state index is 12.1. The molecule has 5 heteroatoms. The fourth-order valence-corrected chi connectivity index (χ4v) is 2.89. The number of urea groups is 1. The zero-order valence-electron chi connectivity index (χ0n) is 12.7. The maximum atomic E-state index is 12.1. The summed E-state index contributed by atoms with van der Waals surface area (Å²) in [4.78, 5) is 24.6. The van der Waals surface area contributed by atoms with E-state index in [1.807, 2.05) is 4.90 Å². The Bertz CT molecular complexity index is 320. The van der Waals surface area contributed by atoms with Crippen LogP contribution in [0.5, 0.6) is 0 Å². The molecule has 0 aromatic carbocycles. The normalized spacial score (nSPS) is 19.9. The van der Waals surface area contributed by atoms with Crippen LogP contribution in [0.15, 0.2) is 0 Å². The van der Waals surface area contributed by atoms with Crippen molar-refractivity contribution in [3.8, 4) is 0 Å². The van der Waals surface area contributed by atoms with Crippen molar-refractivity contribution in [3.05, 3.63) is 0 Å². The third kappa shape index (κ3) is 5.39. The highest BCUT2D eigenvalue weighted by molar-refractivity contribution is 5.74. The first-order valence-corrected chi connectivity index (χ1v) is 7.84. The summed E-state index contributed by atoms with van der Waals surface area (Å²) < 4.78 is 0. The van der Waals surface area contributed by atoms with Crippen LogP contribution in [0.4, 0.5) is 4.79 Å². The summed E-state index contributed by atoms with van der Waals surface area (Å²) in [5, 5.41) is 11.7. The minimum absolute atomic E-state index is 0.0439. The summed E-state index contributed by atoms with van der Waals surface area (Å²) in [5.41, 5.74) is 0. The molecule has 0 saturated carbocycles. The average molecular weight is 284 g/mol. The highest BCUT2D eigenvalue weighted by Crippen LogP contribution is 2.20. The molecule has 0 radical (unpaired) electrons. The predicted molar refractivity (Wildman–Crippen MR) is 78.7 cm³/mol. The van der Waals surface area contributed by atoms with Crippen LogP contribution >= 0.6 is 0 Å². The Morgan fingerprint density at radius 2 is 2.10 bits per heavy atom. The summed E-state index contributed by atoms with van der Waals surface area (Å²) >= 11 is 0. The number of hydrogen-bond donors (Lipinski definition) is 2. The first-order chi connectivity index (χ1) is 9.58. The standard InChI is InChI=1S/C15H28N2O3/c1-3-12(7-8-14(18)19)9-10-16-15(20)17-11-5-6-13(17)4-2/h12-13H,3-11H2,1-2H3,(H,16,20)(H,18,19). The van der Waals surface area contributed by atoms with Gasteiger partial charge in [0.2, 0.25) is 0 Å². The molecule has 20 heavy (non-hydrogen) atoms. The summed E-state index contributed by atoms with van der Waals surface area (Å²) in [6, 6.07) is 0.437. The maximum Gasteiger partial charge on any atom is 0.317 e. The van der Waals surface area contributed by atoms with Gasteiger partial charge in [0.1, 0.15) is 0 Å². The Balaban J connectivity index is 2.24. The summed E-state index contributed by atoms with van der Waals surface area (Å²) in [5.74, 6) is -0.359. The Labute approximate surface area is 121 Å². The zero-order chi connectivity index (χ0) is 15.0. The number of carbonyl (C=O) groups is 2. The lowest BCUT2D eigenvalue weighted by atomic mass is 9.97. The van der Waals surface area contributed by atoms with Gasteiger partial charge in [-0.25, -0.2) is 4.79 Å². The molecule has 1 aliphatic rings. The van der Waals surface area contributed by atoms with E-state index in [2.05, 4.69) is 19.2 Å². The van der Waals surface area contributed by atoms with Crippen LogP contribution in [0, 0.1) is 5.92 Å². The topological polar surface area (TPSA) is 69.6 Å². The van der Waals surface area contributed by atoms with E-state index < -0.39 is 5.97 Å². The lowest BCUT2D eigenvalue weighted by Gasteiger charge is -2.24. The molecular weight excluding hydrogens is 256 g/mol. The Morgan fingerprint density at radius 3 is 2.70 bits per heavy atom. The van der Waals surface area contributed by atoms with Crippen molar-refractivity contribution >= 4 is 12.0 Å². The predicted octanol–water partition coefficient (Wildman–Crippen LogP) is 2.85. The largest absolute Gasteiger partial charge is 0.481 e. The van der Waals surface area contributed by atoms with Crippen LogP contribution in [-0.2, 0) is 4.79 Å². The number of amides is 2. The molecule has 116 valence electrons. The number of nitrogens with zero attached hydrogens (tertiary/aromatic N) is 1. The SMILES string of the molecule is CCC(CCNC(=O)N1CCCC1CC)CCC(=O)O. The molecule has 2 N–H and O–H groups in total. The molecular formula is C15H28N2O3. The van der Waals surface area contributed by atoms with Crippen LogP contribution < -0.4 is 5.32 Å². The first-order valence-electron chi connectivity index (χ1n) is 7.84. The van der Waals surface area contributed by atoms with Gasteiger partial charge in [-0.3, -0.25) is 4.79 Å². The van der Waals surface area contributed by atoms with Crippen molar-refractivity contribution < 1.29 is 14.7 Å². The van der Waals surface area contributed by atoms with Crippen molar-refractivity contribution in [2.75, 3.05) is 13.1 Å². The molecule has 5 nitrogen and oxygen atoms in total. The van der Waals surface area contributed by atoms with E-state index in [0.29, 0.717) is 24.9 Å². The molecule has 0 aromatic heterocycles. The van der Waals surface area contributed by atoms with Crippen molar-refractivity contribution in [1.82, 2.24) is 10.2 Å². The van der Waals surface area contributed by atoms with Gasteiger partial charge in [-0.15, -0.1) is 0 Å². The number of carboxylic acid groups (broad SMARTS) is 1. The number of nitrogens with one attached hydrogen (secondary N) is 1. The third-order valence-electron chi connectivity index (χ3n) is 4.28. The first kappa shape index (κ1) is 16.8. The second-order valence-corrected chi connectivity index (χ2v) is 5.62. The second-order valence-electron chi connectivity index (χ2n) is 5.62. The van der Waals surface area contributed by atoms with Crippen molar-refractivity contribution in [2.45, 2.75) is 64.8 Å². The van der Waals surface area contributed by atoms with E-state index in [1.54, 1.807) is 0 Å². The molecule has 1 fully saturated rings. The van der Waals surface area contributed by atoms with E-state index >= 15 is 0 Å². The van der Waals surface area contributed by atoms with Gasteiger partial charge in [0.15, 0.2) is 0 Å². The van der Waals surface area contributed by atoms with Crippen LogP contribution in [0.2, 0.25) is 0 Å². The van der Waals surface area contributed by atoms with Gasteiger partial charge in [0, 0.05) is 25.6 Å². The molecule has 0 bridgehead atoms. The summed E-state index contributed by atoms with van der Waals surface area (Å²) in [6.45, 7) is 5.70. The molecule has 2 amide bonds. The molecule has 2 unspecified atom stereocenters. The van der Waals surface area contributed by atoms with Crippen LogP contribution in [0.25, 0.3) is 0 Å². The lowest BCUT2D eigenvalue weighted by Crippen LogP contribution is -2.43. The lowest BCUT2D eigenvalue weighted by molar-refractivity contribution is -0.137. The highest BCUT2D eigenvalue weighted by atomic mass is 16.4. The summed E-state index contributed by atoms with van der Waals surface area (Å²) in [6.07, 6.45) is 5.97. The monoisotopic (exact) mass is 284 g/mol. The van der Waals surface area contributed by atoms with Crippen molar-refractivity contribution in [3.63, 3.8) is 0 Å². The summed E-state index contributed by atoms with van der Waals surface area (Å²) in [7, 11) is 0. The number of carboxylic acids is 1. The van der Waals surface area contributed by atoms with E-state index in [1.165, 1.54) is 0 Å². The Morgan fingerprint density at radius 1 is 1.35 bits per heavy atom. The van der Waals surface area contributed by atoms with Gasteiger partial charge in [-0.2, -0.15) is 0 Å². The molecule has 1 aliphatic heterocycles. The van der Waals surface area contributed by atoms with E-state index in [0.717, 1.165) is 38.6 Å². The van der Waals surface area contributed by atoms with Gasteiger partial charge < -0.3 is 15.3 Å². The highest BCUT2D eigenvalue weighted by Gasteiger charge is 2.26. The number of hydrogen-bond acceptors (Lipinski definition) is 2. The third-order valence-corrected chi connectivity index (χ3v) is 4.28. The van der Waals surface area contributed by atoms with Gasteiger partial charge in [-0.1, -0.05) is 20.3 Å². The minimum atomic E-state index is -0.740. The van der Waals surface area contributed by atoms with Gasteiger partial charge >= 0.3 is 12.0 Å². The smallest absolute Gasteiger partial charge is 0.317 e. The van der Waals surface area contributed by atoms with E-state index in [9.17, 15) is 9.59 Å². The van der Waals surface area contributed by atoms with E-state index in [4.69, 9.17) is 5.11 Å². The molecule has 1 saturated heterocycles. The van der Waals surface area contributed by atoms with Crippen molar-refractivity contribution in [2.24, 2.45) is 5.92 Å². The molecule has 1 heterocycles. The molecule has 1 rings (SSSR count). The average Bonchev–Trinajstić information content (AvgIpc) is 2.90. The molecule has 0 aromatic rings. The number of rotatable bonds is 8. The van der Waals surface area contributed by atoms with Crippen LogP contribution in [-0.4, -0.2) is 41.1 Å². The number of aliphatic carboxylic acids is 1. The van der Waals surface area contributed by atoms with Crippen LogP contribution in [0.1, 0.15) is 58.8 Å². The molecule has 0 spiro atoms. The Kier molecular flexibility index (Phi) is 7.41. The zero-order valence-corrected chi connectivity index (χ0v) is 12.7.